The molecule has 1 rings (SSSR count). The van der Waals surface area contributed by atoms with E-state index >= 15 is 0 Å². The Morgan fingerprint density at radius 3 is 2.32 bits per heavy atom. The first kappa shape index (κ1) is 16.0. The summed E-state index contributed by atoms with van der Waals surface area (Å²) in [4.78, 5) is 6.65. The van der Waals surface area contributed by atoms with Crippen molar-refractivity contribution >= 4 is 5.96 Å². The minimum absolute atomic E-state index is 0.266. The predicted octanol–water partition coefficient (Wildman–Crippen LogP) is 1.99. The van der Waals surface area contributed by atoms with E-state index in [-0.39, 0.29) is 5.54 Å². The van der Waals surface area contributed by atoms with E-state index in [1.807, 2.05) is 13.1 Å². The standard InChI is InChI=1S/C15H30N4/c1-5-12-17-14(16-2)18-13-15(19(3)4)10-8-6-7-9-11-15/h5H,1,6-13H2,2-4H3,(H2,16,17,18). The third kappa shape index (κ3) is 4.86. The summed E-state index contributed by atoms with van der Waals surface area (Å²) in [6.07, 6.45) is 9.80. The minimum atomic E-state index is 0.266. The Hall–Kier alpha value is -1.03. The van der Waals surface area contributed by atoms with E-state index in [0.29, 0.717) is 0 Å². The normalized spacial score (nSPS) is 19.9. The van der Waals surface area contributed by atoms with Gasteiger partial charge in [0, 0.05) is 25.7 Å². The van der Waals surface area contributed by atoms with Crippen molar-refractivity contribution in [3.05, 3.63) is 12.7 Å². The first-order valence-electron chi connectivity index (χ1n) is 7.37. The average Bonchev–Trinajstić information content (AvgIpc) is 2.65. The molecule has 2 N–H and O–H groups in total. The molecular formula is C15H30N4. The van der Waals surface area contributed by atoms with E-state index < -0.39 is 0 Å². The summed E-state index contributed by atoms with van der Waals surface area (Å²) in [6, 6.07) is 0. The zero-order valence-electron chi connectivity index (χ0n) is 12.8. The molecular weight excluding hydrogens is 236 g/mol. The molecule has 0 aromatic rings. The summed E-state index contributed by atoms with van der Waals surface area (Å²) in [5.74, 6) is 0.866. The van der Waals surface area contributed by atoms with Crippen LogP contribution in [0.3, 0.4) is 0 Å². The van der Waals surface area contributed by atoms with Crippen LogP contribution >= 0.6 is 0 Å². The molecule has 0 unspecified atom stereocenters. The van der Waals surface area contributed by atoms with Crippen LogP contribution in [0.25, 0.3) is 0 Å². The van der Waals surface area contributed by atoms with Crippen molar-refractivity contribution in [2.24, 2.45) is 4.99 Å². The van der Waals surface area contributed by atoms with Gasteiger partial charge in [0.2, 0.25) is 0 Å². The van der Waals surface area contributed by atoms with Gasteiger partial charge < -0.3 is 15.5 Å². The molecule has 0 aromatic carbocycles. The maximum Gasteiger partial charge on any atom is 0.191 e. The highest BCUT2D eigenvalue weighted by atomic mass is 15.2. The molecule has 0 bridgehead atoms. The number of likely N-dealkylation sites (N-methyl/N-ethyl adjacent to an activating group) is 1. The highest BCUT2D eigenvalue weighted by Crippen LogP contribution is 2.30. The van der Waals surface area contributed by atoms with Gasteiger partial charge in [-0.1, -0.05) is 31.8 Å². The molecule has 0 spiro atoms. The molecule has 0 radical (unpaired) electrons. The van der Waals surface area contributed by atoms with E-state index in [2.05, 4.69) is 41.2 Å². The highest BCUT2D eigenvalue weighted by molar-refractivity contribution is 5.79. The summed E-state index contributed by atoms with van der Waals surface area (Å²) in [7, 11) is 6.22. The monoisotopic (exact) mass is 266 g/mol. The fraction of sp³-hybridized carbons (Fsp3) is 0.800. The van der Waals surface area contributed by atoms with Crippen LogP contribution in [0, 0.1) is 0 Å². The molecule has 0 amide bonds. The first-order chi connectivity index (χ1) is 9.14. The van der Waals surface area contributed by atoms with Crippen LogP contribution in [0.2, 0.25) is 0 Å². The van der Waals surface area contributed by atoms with Crippen molar-refractivity contribution in [2.45, 2.75) is 44.1 Å². The quantitative estimate of drug-likeness (QED) is 0.346. The second kappa shape index (κ2) is 8.20. The Kier molecular flexibility index (Phi) is 6.92. The average molecular weight is 266 g/mol. The minimum Gasteiger partial charge on any atom is -0.355 e. The van der Waals surface area contributed by atoms with E-state index in [4.69, 9.17) is 0 Å². The lowest BCUT2D eigenvalue weighted by molar-refractivity contribution is 0.132. The fourth-order valence-corrected chi connectivity index (χ4v) is 2.81. The third-order valence-electron chi connectivity index (χ3n) is 4.21. The van der Waals surface area contributed by atoms with Gasteiger partial charge in [0.15, 0.2) is 5.96 Å². The molecule has 0 heterocycles. The van der Waals surface area contributed by atoms with Gasteiger partial charge in [-0.3, -0.25) is 4.99 Å². The van der Waals surface area contributed by atoms with Crippen LogP contribution in [0.4, 0.5) is 0 Å². The fourth-order valence-electron chi connectivity index (χ4n) is 2.81. The molecule has 4 heteroatoms. The number of guanidine groups is 1. The number of nitrogens with zero attached hydrogens (tertiary/aromatic N) is 2. The van der Waals surface area contributed by atoms with Crippen LogP contribution in [0.1, 0.15) is 38.5 Å². The highest BCUT2D eigenvalue weighted by Gasteiger charge is 2.33. The summed E-state index contributed by atoms with van der Waals surface area (Å²) in [5.41, 5.74) is 0.266. The van der Waals surface area contributed by atoms with Crippen LogP contribution in [0.5, 0.6) is 0 Å². The van der Waals surface area contributed by atoms with Gasteiger partial charge in [-0.25, -0.2) is 0 Å². The van der Waals surface area contributed by atoms with Crippen LogP contribution < -0.4 is 10.6 Å². The van der Waals surface area contributed by atoms with Crippen molar-refractivity contribution in [3.8, 4) is 0 Å². The second-order valence-electron chi connectivity index (χ2n) is 5.63. The summed E-state index contributed by atoms with van der Waals surface area (Å²) < 4.78 is 0. The van der Waals surface area contributed by atoms with E-state index in [9.17, 15) is 0 Å². The Morgan fingerprint density at radius 1 is 1.21 bits per heavy atom. The van der Waals surface area contributed by atoms with Gasteiger partial charge in [0.1, 0.15) is 0 Å². The summed E-state index contributed by atoms with van der Waals surface area (Å²) in [5, 5.41) is 6.71. The number of rotatable bonds is 5. The molecule has 1 saturated carbocycles. The van der Waals surface area contributed by atoms with E-state index in [1.54, 1.807) is 0 Å². The van der Waals surface area contributed by atoms with Crippen molar-refractivity contribution in [2.75, 3.05) is 34.2 Å². The number of nitrogens with one attached hydrogen (secondary N) is 2. The molecule has 0 aliphatic heterocycles. The van der Waals surface area contributed by atoms with E-state index in [1.165, 1.54) is 38.5 Å². The van der Waals surface area contributed by atoms with Crippen LogP contribution in [0.15, 0.2) is 17.6 Å². The lowest BCUT2D eigenvalue weighted by Gasteiger charge is -2.40. The molecule has 1 aliphatic rings. The van der Waals surface area contributed by atoms with Crippen molar-refractivity contribution in [3.63, 3.8) is 0 Å². The Morgan fingerprint density at radius 2 is 1.84 bits per heavy atom. The van der Waals surface area contributed by atoms with Gasteiger partial charge in [0.25, 0.3) is 0 Å². The molecule has 4 nitrogen and oxygen atoms in total. The van der Waals surface area contributed by atoms with Gasteiger partial charge >= 0.3 is 0 Å². The summed E-state index contributed by atoms with van der Waals surface area (Å²) in [6.45, 7) is 5.42. The van der Waals surface area contributed by atoms with Crippen LogP contribution in [-0.2, 0) is 0 Å². The topological polar surface area (TPSA) is 39.7 Å². The molecule has 19 heavy (non-hydrogen) atoms. The zero-order chi connectivity index (χ0) is 14.1. The zero-order valence-corrected chi connectivity index (χ0v) is 12.8. The number of hydrogen-bond acceptors (Lipinski definition) is 2. The molecule has 1 aliphatic carbocycles. The van der Waals surface area contributed by atoms with Crippen molar-refractivity contribution < 1.29 is 0 Å². The maximum atomic E-state index is 4.25. The Labute approximate surface area is 118 Å². The predicted molar refractivity (Wildman–Crippen MR) is 83.7 cm³/mol. The van der Waals surface area contributed by atoms with Gasteiger partial charge in [-0.05, 0) is 26.9 Å². The van der Waals surface area contributed by atoms with Gasteiger partial charge in [0.05, 0.1) is 0 Å². The van der Waals surface area contributed by atoms with Crippen molar-refractivity contribution in [1.82, 2.24) is 15.5 Å². The lowest BCUT2D eigenvalue weighted by atomic mass is 9.89. The number of aliphatic imine (C=N–C) groups is 1. The lowest BCUT2D eigenvalue weighted by Crippen LogP contribution is -2.54. The summed E-state index contributed by atoms with van der Waals surface area (Å²) >= 11 is 0. The second-order valence-corrected chi connectivity index (χ2v) is 5.63. The maximum absolute atomic E-state index is 4.25. The van der Waals surface area contributed by atoms with Gasteiger partial charge in [-0.2, -0.15) is 0 Å². The van der Waals surface area contributed by atoms with Gasteiger partial charge in [-0.15, -0.1) is 6.58 Å². The van der Waals surface area contributed by atoms with Crippen molar-refractivity contribution in [1.29, 1.82) is 0 Å². The molecule has 0 atom stereocenters. The Balaban J connectivity index is 2.59. The molecule has 0 aromatic heterocycles. The van der Waals surface area contributed by atoms with Crippen LogP contribution in [-0.4, -0.2) is 50.6 Å². The molecule has 110 valence electrons. The Bertz CT molecular complexity index is 289. The SMILES string of the molecule is C=CCNC(=NC)NCC1(N(C)C)CCCCCC1. The van der Waals surface area contributed by atoms with E-state index in [0.717, 1.165) is 19.0 Å². The molecule has 0 saturated heterocycles. The smallest absolute Gasteiger partial charge is 0.191 e. The number of hydrogen-bond donors (Lipinski definition) is 2. The third-order valence-corrected chi connectivity index (χ3v) is 4.21. The first-order valence-corrected chi connectivity index (χ1v) is 7.37. The largest absolute Gasteiger partial charge is 0.355 e. The molecule has 1 fully saturated rings.